The van der Waals surface area contributed by atoms with E-state index < -0.39 is 0 Å². The SMILES string of the molecule is Cc1ccc(C(N)C2=CCCCC2)c(C)n1. The van der Waals surface area contributed by atoms with E-state index >= 15 is 0 Å². The number of hydrogen-bond acceptors (Lipinski definition) is 2. The van der Waals surface area contributed by atoms with Crippen LogP contribution in [0.4, 0.5) is 0 Å². The second-order valence-electron chi connectivity index (χ2n) is 4.63. The van der Waals surface area contributed by atoms with Crippen molar-refractivity contribution in [2.45, 2.75) is 45.6 Å². The zero-order valence-corrected chi connectivity index (χ0v) is 10.2. The van der Waals surface area contributed by atoms with Crippen LogP contribution in [0.15, 0.2) is 23.8 Å². The Morgan fingerprint density at radius 1 is 1.25 bits per heavy atom. The molecule has 0 spiro atoms. The molecule has 0 amide bonds. The lowest BCUT2D eigenvalue weighted by atomic mass is 9.90. The first-order valence-electron chi connectivity index (χ1n) is 6.07. The average Bonchev–Trinajstić information content (AvgIpc) is 2.29. The molecule has 16 heavy (non-hydrogen) atoms. The Balaban J connectivity index is 2.26. The summed E-state index contributed by atoms with van der Waals surface area (Å²) >= 11 is 0. The van der Waals surface area contributed by atoms with Gasteiger partial charge in [0.1, 0.15) is 0 Å². The molecule has 0 fully saturated rings. The molecule has 1 aromatic heterocycles. The van der Waals surface area contributed by atoms with Crippen molar-refractivity contribution in [3.8, 4) is 0 Å². The molecule has 1 aliphatic carbocycles. The van der Waals surface area contributed by atoms with E-state index in [4.69, 9.17) is 5.73 Å². The Hall–Kier alpha value is -1.15. The number of hydrogen-bond donors (Lipinski definition) is 1. The van der Waals surface area contributed by atoms with E-state index in [2.05, 4.69) is 17.1 Å². The molecule has 0 bridgehead atoms. The lowest BCUT2D eigenvalue weighted by molar-refractivity contribution is 0.645. The summed E-state index contributed by atoms with van der Waals surface area (Å²) in [4.78, 5) is 4.48. The van der Waals surface area contributed by atoms with Crippen molar-refractivity contribution in [1.82, 2.24) is 4.98 Å². The number of allylic oxidation sites excluding steroid dienone is 1. The van der Waals surface area contributed by atoms with Crippen molar-refractivity contribution in [1.29, 1.82) is 0 Å². The van der Waals surface area contributed by atoms with Crippen molar-refractivity contribution in [3.63, 3.8) is 0 Å². The Bertz CT molecular complexity index is 407. The minimum atomic E-state index is 0.0494. The second kappa shape index (κ2) is 4.79. The van der Waals surface area contributed by atoms with Gasteiger partial charge in [0.05, 0.1) is 6.04 Å². The second-order valence-corrected chi connectivity index (χ2v) is 4.63. The van der Waals surface area contributed by atoms with Crippen molar-refractivity contribution in [2.75, 3.05) is 0 Å². The molecule has 0 aromatic carbocycles. The van der Waals surface area contributed by atoms with Gasteiger partial charge < -0.3 is 5.73 Å². The van der Waals surface area contributed by atoms with Crippen LogP contribution in [0.1, 0.15) is 48.7 Å². The van der Waals surface area contributed by atoms with E-state index in [-0.39, 0.29) is 6.04 Å². The van der Waals surface area contributed by atoms with Gasteiger partial charge in [0, 0.05) is 11.4 Å². The van der Waals surface area contributed by atoms with Crippen molar-refractivity contribution in [3.05, 3.63) is 40.7 Å². The van der Waals surface area contributed by atoms with Crippen LogP contribution in [0.25, 0.3) is 0 Å². The van der Waals surface area contributed by atoms with E-state index in [1.165, 1.54) is 30.4 Å². The van der Waals surface area contributed by atoms with Crippen LogP contribution in [-0.4, -0.2) is 4.98 Å². The van der Waals surface area contributed by atoms with E-state index in [0.717, 1.165) is 17.8 Å². The van der Waals surface area contributed by atoms with Crippen LogP contribution in [0.2, 0.25) is 0 Å². The zero-order chi connectivity index (χ0) is 11.5. The quantitative estimate of drug-likeness (QED) is 0.771. The van der Waals surface area contributed by atoms with Gasteiger partial charge in [-0.05, 0) is 51.2 Å². The number of nitrogens with zero attached hydrogens (tertiary/aromatic N) is 1. The average molecular weight is 216 g/mol. The highest BCUT2D eigenvalue weighted by Gasteiger charge is 2.16. The van der Waals surface area contributed by atoms with Gasteiger partial charge in [0.2, 0.25) is 0 Å². The summed E-state index contributed by atoms with van der Waals surface area (Å²) in [7, 11) is 0. The molecular weight excluding hydrogens is 196 g/mol. The normalized spacial score (nSPS) is 18.1. The molecule has 1 heterocycles. The number of rotatable bonds is 2. The number of nitrogens with two attached hydrogens (primary N) is 1. The van der Waals surface area contributed by atoms with Crippen LogP contribution in [0.3, 0.4) is 0 Å². The fourth-order valence-corrected chi connectivity index (χ4v) is 2.37. The molecular formula is C14H20N2. The molecule has 0 saturated heterocycles. The molecule has 1 aromatic rings. The van der Waals surface area contributed by atoms with Gasteiger partial charge >= 0.3 is 0 Å². The van der Waals surface area contributed by atoms with Gasteiger partial charge in [0.25, 0.3) is 0 Å². The fourth-order valence-electron chi connectivity index (χ4n) is 2.37. The first-order chi connectivity index (χ1) is 7.68. The summed E-state index contributed by atoms with van der Waals surface area (Å²) in [5.74, 6) is 0. The number of pyridine rings is 1. The third-order valence-corrected chi connectivity index (χ3v) is 3.33. The van der Waals surface area contributed by atoms with E-state index in [9.17, 15) is 0 Å². The van der Waals surface area contributed by atoms with E-state index in [0.29, 0.717) is 0 Å². The summed E-state index contributed by atoms with van der Waals surface area (Å²) in [6, 6.07) is 4.22. The number of aryl methyl sites for hydroxylation is 2. The molecule has 0 saturated carbocycles. The standard InChI is InChI=1S/C14H20N2/c1-10-8-9-13(11(2)16-10)14(15)12-6-4-3-5-7-12/h6,8-9,14H,3-5,7,15H2,1-2H3. The third kappa shape index (κ3) is 2.33. The summed E-state index contributed by atoms with van der Waals surface area (Å²) in [6.45, 7) is 4.06. The zero-order valence-electron chi connectivity index (χ0n) is 10.2. The smallest absolute Gasteiger partial charge is 0.0528 e. The Morgan fingerprint density at radius 3 is 2.69 bits per heavy atom. The molecule has 0 aliphatic heterocycles. The molecule has 2 nitrogen and oxygen atoms in total. The predicted molar refractivity (Wildman–Crippen MR) is 67.2 cm³/mol. The Labute approximate surface area is 97.6 Å². The summed E-state index contributed by atoms with van der Waals surface area (Å²) in [6.07, 6.45) is 7.22. The van der Waals surface area contributed by atoms with Crippen molar-refractivity contribution < 1.29 is 0 Å². The number of aromatic nitrogens is 1. The first kappa shape index (κ1) is 11.3. The summed E-state index contributed by atoms with van der Waals surface area (Å²) in [5, 5.41) is 0. The van der Waals surface area contributed by atoms with Gasteiger partial charge in [-0.15, -0.1) is 0 Å². The third-order valence-electron chi connectivity index (χ3n) is 3.33. The molecule has 1 aliphatic rings. The van der Waals surface area contributed by atoms with Crippen LogP contribution in [0, 0.1) is 13.8 Å². The van der Waals surface area contributed by atoms with Gasteiger partial charge in [-0.2, -0.15) is 0 Å². The summed E-state index contributed by atoms with van der Waals surface area (Å²) < 4.78 is 0. The van der Waals surface area contributed by atoms with Crippen LogP contribution in [-0.2, 0) is 0 Å². The van der Waals surface area contributed by atoms with Crippen LogP contribution in [0.5, 0.6) is 0 Å². The van der Waals surface area contributed by atoms with Gasteiger partial charge in [-0.25, -0.2) is 0 Å². The minimum absolute atomic E-state index is 0.0494. The van der Waals surface area contributed by atoms with Crippen molar-refractivity contribution in [2.24, 2.45) is 5.73 Å². The molecule has 0 radical (unpaired) electrons. The van der Waals surface area contributed by atoms with Crippen molar-refractivity contribution >= 4 is 0 Å². The van der Waals surface area contributed by atoms with Gasteiger partial charge in [-0.3, -0.25) is 4.98 Å². The molecule has 2 rings (SSSR count). The highest BCUT2D eigenvalue weighted by atomic mass is 14.7. The molecule has 2 N–H and O–H groups in total. The molecule has 86 valence electrons. The highest BCUT2D eigenvalue weighted by Crippen LogP contribution is 2.29. The van der Waals surface area contributed by atoms with Gasteiger partial charge in [0.15, 0.2) is 0 Å². The van der Waals surface area contributed by atoms with E-state index in [1.807, 2.05) is 19.9 Å². The Kier molecular flexibility index (Phi) is 3.39. The lowest BCUT2D eigenvalue weighted by Crippen LogP contribution is -2.16. The summed E-state index contributed by atoms with van der Waals surface area (Å²) in [5.41, 5.74) is 11.0. The molecule has 1 atom stereocenters. The predicted octanol–water partition coefficient (Wildman–Crippen LogP) is 3.20. The van der Waals surface area contributed by atoms with Crippen LogP contribution < -0.4 is 5.73 Å². The maximum Gasteiger partial charge on any atom is 0.0528 e. The topological polar surface area (TPSA) is 38.9 Å². The maximum absolute atomic E-state index is 6.31. The largest absolute Gasteiger partial charge is 0.320 e. The van der Waals surface area contributed by atoms with E-state index in [1.54, 1.807) is 0 Å². The lowest BCUT2D eigenvalue weighted by Gasteiger charge is -2.21. The van der Waals surface area contributed by atoms with Crippen LogP contribution >= 0.6 is 0 Å². The minimum Gasteiger partial charge on any atom is -0.320 e. The Morgan fingerprint density at radius 2 is 2.06 bits per heavy atom. The molecule has 1 unspecified atom stereocenters. The fraction of sp³-hybridized carbons (Fsp3) is 0.500. The first-order valence-corrected chi connectivity index (χ1v) is 6.07. The molecule has 2 heteroatoms. The van der Waals surface area contributed by atoms with Gasteiger partial charge in [-0.1, -0.05) is 17.7 Å². The maximum atomic E-state index is 6.31. The highest BCUT2D eigenvalue weighted by molar-refractivity contribution is 5.32. The monoisotopic (exact) mass is 216 g/mol.